The summed E-state index contributed by atoms with van der Waals surface area (Å²) in [7, 11) is 0. The Bertz CT molecular complexity index is 674. The molecule has 2 nitrogen and oxygen atoms in total. The van der Waals surface area contributed by atoms with Crippen LogP contribution in [0.3, 0.4) is 0 Å². The molecule has 0 saturated carbocycles. The highest BCUT2D eigenvalue weighted by molar-refractivity contribution is 7.78. The third-order valence-electron chi connectivity index (χ3n) is 2.99. The zero-order chi connectivity index (χ0) is 14.4. The van der Waals surface area contributed by atoms with Gasteiger partial charge in [0, 0.05) is 0 Å². The van der Waals surface area contributed by atoms with Crippen LogP contribution < -0.4 is 0 Å². The van der Waals surface area contributed by atoms with Crippen LogP contribution >= 0.6 is 12.2 Å². The first kappa shape index (κ1) is 16.9. The van der Waals surface area contributed by atoms with Crippen LogP contribution in [0.1, 0.15) is 23.6 Å². The average Bonchev–Trinajstić information content (AvgIpc) is 2.48. The largest absolute Gasteiger partial charge is 0.412 e. The summed E-state index contributed by atoms with van der Waals surface area (Å²) >= 11 is 4.46. The molecule has 0 amide bonds. The Morgan fingerprint density at radius 2 is 1.71 bits per heavy atom. The summed E-state index contributed by atoms with van der Waals surface area (Å²) < 4.78 is 13.6. The monoisotopic (exact) mass is 301 g/mol. The van der Waals surface area contributed by atoms with Crippen molar-refractivity contribution in [3.63, 3.8) is 0 Å². The number of thiocarbonyl (C=S) groups is 1. The number of isothiocyanates is 1. The lowest BCUT2D eigenvalue weighted by Crippen LogP contribution is -1.80. The van der Waals surface area contributed by atoms with E-state index in [-0.39, 0.29) is 11.2 Å². The summed E-state index contributed by atoms with van der Waals surface area (Å²) in [5, 5.41) is 2.16. The van der Waals surface area contributed by atoms with E-state index in [4.69, 9.17) is 0 Å². The van der Waals surface area contributed by atoms with Gasteiger partial charge < -0.3 is 5.48 Å². The molecule has 0 spiro atoms. The highest BCUT2D eigenvalue weighted by Crippen LogP contribution is 2.19. The average molecular weight is 301 g/mol. The molecule has 2 aromatic rings. The molecule has 21 heavy (non-hydrogen) atoms. The molecule has 0 aliphatic heterocycles. The lowest BCUT2D eigenvalue weighted by molar-refractivity contribution is 0.630. The third kappa shape index (κ3) is 4.72. The molecule has 4 heteroatoms. The number of halogens is 1. The minimum atomic E-state index is -0.397. The van der Waals surface area contributed by atoms with Crippen molar-refractivity contribution >= 4 is 35.2 Å². The minimum Gasteiger partial charge on any atom is -0.412 e. The summed E-state index contributed by atoms with van der Waals surface area (Å²) in [5.74, 6) is -0.397. The fraction of sp³-hybridized carbons (Fsp3) is 0.118. The smallest absolute Gasteiger partial charge is 0.150 e. The van der Waals surface area contributed by atoms with Crippen LogP contribution in [0, 0.1) is 5.82 Å². The van der Waals surface area contributed by atoms with Gasteiger partial charge in [-0.15, -0.1) is 0 Å². The second kappa shape index (κ2) is 8.22. The Morgan fingerprint density at radius 3 is 2.29 bits per heavy atom. The molecule has 2 aromatic carbocycles. The van der Waals surface area contributed by atoms with Gasteiger partial charge >= 0.3 is 0 Å². The predicted octanol–water partition coefficient (Wildman–Crippen LogP) is 4.47. The molecule has 0 saturated heterocycles. The lowest BCUT2D eigenvalue weighted by Gasteiger charge is -1.99. The van der Waals surface area contributed by atoms with Gasteiger partial charge in [0.15, 0.2) is 0 Å². The van der Waals surface area contributed by atoms with E-state index in [1.807, 2.05) is 12.2 Å². The van der Waals surface area contributed by atoms with Crippen molar-refractivity contribution in [2.45, 2.75) is 13.3 Å². The van der Waals surface area contributed by atoms with Crippen LogP contribution in [0.4, 0.5) is 10.1 Å². The van der Waals surface area contributed by atoms with Crippen molar-refractivity contribution in [3.8, 4) is 0 Å². The highest BCUT2D eigenvalue weighted by atomic mass is 32.1. The maximum atomic E-state index is 13.6. The molecule has 0 aromatic heterocycles. The molecular formula is C17H16FNOS. The first-order chi connectivity index (χ1) is 9.72. The van der Waals surface area contributed by atoms with Gasteiger partial charge in [-0.3, -0.25) is 0 Å². The van der Waals surface area contributed by atoms with Gasteiger partial charge in [-0.25, -0.2) is 4.39 Å². The summed E-state index contributed by atoms with van der Waals surface area (Å²) in [4.78, 5) is 3.65. The fourth-order valence-electron chi connectivity index (χ4n) is 1.82. The van der Waals surface area contributed by atoms with Gasteiger partial charge in [-0.1, -0.05) is 49.4 Å². The van der Waals surface area contributed by atoms with E-state index in [2.05, 4.69) is 53.6 Å². The Balaban J connectivity index is 0.00000220. The first-order valence-electron chi connectivity index (χ1n) is 6.37. The zero-order valence-corrected chi connectivity index (χ0v) is 12.5. The van der Waals surface area contributed by atoms with Gasteiger partial charge in [-0.05, 0) is 47.5 Å². The minimum absolute atomic E-state index is 0. The van der Waals surface area contributed by atoms with Gasteiger partial charge in [0.05, 0.1) is 5.16 Å². The number of nitrogens with zero attached hydrogens (tertiary/aromatic N) is 1. The van der Waals surface area contributed by atoms with Gasteiger partial charge in [-0.2, -0.15) is 4.99 Å². The van der Waals surface area contributed by atoms with E-state index in [9.17, 15) is 4.39 Å². The van der Waals surface area contributed by atoms with Crippen molar-refractivity contribution in [1.29, 1.82) is 0 Å². The van der Waals surface area contributed by atoms with Crippen LogP contribution in [0.5, 0.6) is 0 Å². The Morgan fingerprint density at radius 1 is 1.10 bits per heavy atom. The van der Waals surface area contributed by atoms with E-state index in [0.717, 1.165) is 17.5 Å². The highest BCUT2D eigenvalue weighted by Gasteiger charge is 2.00. The fourth-order valence-corrected chi connectivity index (χ4v) is 1.92. The Kier molecular flexibility index (Phi) is 6.63. The molecule has 0 unspecified atom stereocenters. The van der Waals surface area contributed by atoms with E-state index in [0.29, 0.717) is 0 Å². The second-order valence-corrected chi connectivity index (χ2v) is 4.52. The predicted molar refractivity (Wildman–Crippen MR) is 89.4 cm³/mol. The number of hydrogen-bond acceptors (Lipinski definition) is 2. The van der Waals surface area contributed by atoms with E-state index in [1.54, 1.807) is 12.1 Å². The van der Waals surface area contributed by atoms with Gasteiger partial charge in [0.25, 0.3) is 0 Å². The standard InChI is InChI=1S/C17H14FNS.H2O/c1-2-13-3-5-14(6-4-13)7-8-15-9-10-17(19-12-20)16(18)11-15;/h3-11H,2H2,1H3;1H2/b8-7+;. The number of benzene rings is 2. The SMILES string of the molecule is CCc1ccc(/C=C/c2ccc(N=C=S)c(F)c2)cc1.O. The van der Waals surface area contributed by atoms with Crippen molar-refractivity contribution in [1.82, 2.24) is 0 Å². The molecule has 2 rings (SSSR count). The molecule has 0 radical (unpaired) electrons. The Hall–Kier alpha value is -2.13. The van der Waals surface area contributed by atoms with Crippen molar-refractivity contribution in [3.05, 3.63) is 65.0 Å². The van der Waals surface area contributed by atoms with Gasteiger partial charge in [0.1, 0.15) is 11.5 Å². The summed E-state index contributed by atoms with van der Waals surface area (Å²) in [6.07, 6.45) is 4.85. The van der Waals surface area contributed by atoms with E-state index >= 15 is 0 Å². The van der Waals surface area contributed by atoms with Crippen LogP contribution in [-0.2, 0) is 6.42 Å². The van der Waals surface area contributed by atoms with Crippen molar-refractivity contribution in [2.24, 2.45) is 4.99 Å². The maximum absolute atomic E-state index is 13.6. The third-order valence-corrected chi connectivity index (χ3v) is 3.09. The lowest BCUT2D eigenvalue weighted by atomic mass is 10.1. The molecule has 0 aliphatic rings. The quantitative estimate of drug-likeness (QED) is 0.467. The molecule has 0 bridgehead atoms. The molecule has 0 heterocycles. The second-order valence-electron chi connectivity index (χ2n) is 4.34. The van der Waals surface area contributed by atoms with Crippen molar-refractivity contribution < 1.29 is 9.87 Å². The normalized spacial score (nSPS) is 10.0. The van der Waals surface area contributed by atoms with Crippen LogP contribution in [0.15, 0.2) is 47.5 Å². The van der Waals surface area contributed by atoms with Gasteiger partial charge in [0.2, 0.25) is 0 Å². The molecular weight excluding hydrogens is 285 g/mol. The first-order valence-corrected chi connectivity index (χ1v) is 6.78. The molecule has 0 atom stereocenters. The summed E-state index contributed by atoms with van der Waals surface area (Å²) in [6, 6.07) is 13.1. The van der Waals surface area contributed by atoms with E-state index in [1.165, 1.54) is 11.6 Å². The van der Waals surface area contributed by atoms with E-state index < -0.39 is 5.82 Å². The Labute approximate surface area is 129 Å². The topological polar surface area (TPSA) is 43.9 Å². The summed E-state index contributed by atoms with van der Waals surface area (Å²) in [5.41, 5.74) is 3.38. The summed E-state index contributed by atoms with van der Waals surface area (Å²) in [6.45, 7) is 2.12. The van der Waals surface area contributed by atoms with Crippen LogP contribution in [0.2, 0.25) is 0 Å². The molecule has 2 N–H and O–H groups in total. The molecule has 108 valence electrons. The van der Waals surface area contributed by atoms with Crippen molar-refractivity contribution in [2.75, 3.05) is 0 Å². The zero-order valence-electron chi connectivity index (χ0n) is 11.6. The molecule has 0 aliphatic carbocycles. The number of hydrogen-bond donors (Lipinski definition) is 0. The molecule has 0 fully saturated rings. The number of aliphatic imine (C=N–C) groups is 1. The van der Waals surface area contributed by atoms with Crippen LogP contribution in [-0.4, -0.2) is 10.6 Å². The van der Waals surface area contributed by atoms with Crippen LogP contribution in [0.25, 0.3) is 12.2 Å². The number of aryl methyl sites for hydroxylation is 1. The maximum Gasteiger partial charge on any atom is 0.150 e. The number of rotatable bonds is 4.